The fraction of sp³-hybridized carbons (Fsp3) is 0.786. The second-order valence-corrected chi connectivity index (χ2v) is 5.57. The van der Waals surface area contributed by atoms with Crippen molar-refractivity contribution in [1.82, 2.24) is 14.7 Å². The first kappa shape index (κ1) is 13.6. The van der Waals surface area contributed by atoms with Crippen molar-refractivity contribution in [2.45, 2.75) is 52.7 Å². The van der Waals surface area contributed by atoms with E-state index in [9.17, 15) is 0 Å². The standard InChI is InChI=1S/C14H26N4/c1-4-18-14(9-11(2)16-18)10-17-7-5-13(6-8-17)12(3)15/h9,12-13H,4-8,10,15H2,1-3H3. The molecular weight excluding hydrogens is 224 g/mol. The summed E-state index contributed by atoms with van der Waals surface area (Å²) < 4.78 is 2.12. The van der Waals surface area contributed by atoms with Gasteiger partial charge in [-0.15, -0.1) is 0 Å². The van der Waals surface area contributed by atoms with E-state index in [1.54, 1.807) is 0 Å². The van der Waals surface area contributed by atoms with Crippen molar-refractivity contribution in [1.29, 1.82) is 0 Å². The van der Waals surface area contributed by atoms with Crippen LogP contribution in [0, 0.1) is 12.8 Å². The maximum Gasteiger partial charge on any atom is 0.0597 e. The van der Waals surface area contributed by atoms with E-state index in [0.29, 0.717) is 12.0 Å². The molecule has 0 radical (unpaired) electrons. The lowest BCUT2D eigenvalue weighted by Gasteiger charge is -2.33. The number of aryl methyl sites for hydroxylation is 2. The van der Waals surface area contributed by atoms with Crippen molar-refractivity contribution >= 4 is 0 Å². The molecule has 0 saturated carbocycles. The van der Waals surface area contributed by atoms with E-state index in [-0.39, 0.29) is 0 Å². The summed E-state index contributed by atoms with van der Waals surface area (Å²) in [5.74, 6) is 0.707. The highest BCUT2D eigenvalue weighted by atomic mass is 15.3. The Labute approximate surface area is 110 Å². The number of hydrogen-bond acceptors (Lipinski definition) is 3. The van der Waals surface area contributed by atoms with Crippen LogP contribution in [0.2, 0.25) is 0 Å². The second-order valence-electron chi connectivity index (χ2n) is 5.57. The van der Waals surface area contributed by atoms with Gasteiger partial charge in [0.05, 0.1) is 11.4 Å². The number of nitrogens with zero attached hydrogens (tertiary/aromatic N) is 3. The Morgan fingerprint density at radius 2 is 2.11 bits per heavy atom. The summed E-state index contributed by atoms with van der Waals surface area (Å²) >= 11 is 0. The topological polar surface area (TPSA) is 47.1 Å². The predicted molar refractivity (Wildman–Crippen MR) is 74.3 cm³/mol. The average molecular weight is 250 g/mol. The van der Waals surface area contributed by atoms with Crippen molar-refractivity contribution in [3.05, 3.63) is 17.5 Å². The summed E-state index contributed by atoms with van der Waals surface area (Å²) in [4.78, 5) is 2.53. The van der Waals surface area contributed by atoms with Crippen LogP contribution in [-0.2, 0) is 13.1 Å². The first-order valence-corrected chi connectivity index (χ1v) is 7.11. The van der Waals surface area contributed by atoms with E-state index in [2.05, 4.69) is 41.5 Å². The Bertz CT molecular complexity index is 375. The molecule has 0 bridgehead atoms. The zero-order chi connectivity index (χ0) is 13.1. The van der Waals surface area contributed by atoms with E-state index < -0.39 is 0 Å². The molecule has 102 valence electrons. The summed E-state index contributed by atoms with van der Waals surface area (Å²) in [6.45, 7) is 10.7. The van der Waals surface area contributed by atoms with E-state index in [1.165, 1.54) is 31.6 Å². The van der Waals surface area contributed by atoms with Crippen LogP contribution in [0.1, 0.15) is 38.1 Å². The zero-order valence-electron chi connectivity index (χ0n) is 11.9. The molecule has 18 heavy (non-hydrogen) atoms. The third-order valence-corrected chi connectivity index (χ3v) is 4.05. The summed E-state index contributed by atoms with van der Waals surface area (Å²) in [7, 11) is 0. The smallest absolute Gasteiger partial charge is 0.0597 e. The molecule has 1 aliphatic heterocycles. The molecule has 1 atom stereocenters. The summed E-state index contributed by atoms with van der Waals surface area (Å²) in [5.41, 5.74) is 8.45. The Hall–Kier alpha value is -0.870. The summed E-state index contributed by atoms with van der Waals surface area (Å²) in [6, 6.07) is 2.55. The lowest BCUT2D eigenvalue weighted by Crippen LogP contribution is -2.39. The van der Waals surface area contributed by atoms with Crippen LogP contribution in [0.25, 0.3) is 0 Å². The van der Waals surface area contributed by atoms with Crippen LogP contribution in [-0.4, -0.2) is 33.8 Å². The highest BCUT2D eigenvalue weighted by Crippen LogP contribution is 2.21. The van der Waals surface area contributed by atoms with Gasteiger partial charge in [-0.3, -0.25) is 9.58 Å². The fourth-order valence-corrected chi connectivity index (χ4v) is 2.87. The van der Waals surface area contributed by atoms with Crippen LogP contribution in [0.4, 0.5) is 0 Å². The van der Waals surface area contributed by atoms with Crippen molar-refractivity contribution in [3.63, 3.8) is 0 Å². The minimum absolute atomic E-state index is 0.343. The maximum atomic E-state index is 5.98. The van der Waals surface area contributed by atoms with Crippen molar-refractivity contribution in [3.8, 4) is 0 Å². The van der Waals surface area contributed by atoms with Gasteiger partial charge < -0.3 is 5.73 Å². The SMILES string of the molecule is CCn1nc(C)cc1CN1CCC(C(C)N)CC1. The van der Waals surface area contributed by atoms with Crippen molar-refractivity contribution in [2.24, 2.45) is 11.7 Å². The third-order valence-electron chi connectivity index (χ3n) is 4.05. The minimum atomic E-state index is 0.343. The van der Waals surface area contributed by atoms with Crippen LogP contribution >= 0.6 is 0 Å². The monoisotopic (exact) mass is 250 g/mol. The molecule has 0 spiro atoms. The zero-order valence-corrected chi connectivity index (χ0v) is 11.9. The van der Waals surface area contributed by atoms with Gasteiger partial charge in [-0.25, -0.2) is 0 Å². The molecule has 1 fully saturated rings. The van der Waals surface area contributed by atoms with E-state index in [0.717, 1.165) is 18.8 Å². The van der Waals surface area contributed by atoms with Gasteiger partial charge in [0.1, 0.15) is 0 Å². The Balaban J connectivity index is 1.91. The quantitative estimate of drug-likeness (QED) is 0.886. The molecule has 0 aromatic carbocycles. The predicted octanol–water partition coefficient (Wildman–Crippen LogP) is 1.77. The van der Waals surface area contributed by atoms with Crippen molar-refractivity contribution < 1.29 is 0 Å². The molecule has 4 heteroatoms. The van der Waals surface area contributed by atoms with Gasteiger partial charge in [-0.1, -0.05) is 0 Å². The van der Waals surface area contributed by atoms with E-state index >= 15 is 0 Å². The lowest BCUT2D eigenvalue weighted by atomic mass is 9.91. The Kier molecular flexibility index (Phi) is 4.40. The third kappa shape index (κ3) is 3.12. The van der Waals surface area contributed by atoms with Crippen LogP contribution in [0.15, 0.2) is 6.07 Å². The van der Waals surface area contributed by atoms with Gasteiger partial charge in [0.15, 0.2) is 0 Å². The van der Waals surface area contributed by atoms with Gasteiger partial charge in [0.25, 0.3) is 0 Å². The molecule has 1 aromatic rings. The number of hydrogen-bond donors (Lipinski definition) is 1. The average Bonchev–Trinajstić information content (AvgIpc) is 2.70. The number of nitrogens with two attached hydrogens (primary N) is 1. The maximum absolute atomic E-state index is 5.98. The summed E-state index contributed by atoms with van der Waals surface area (Å²) in [6.07, 6.45) is 2.47. The van der Waals surface area contributed by atoms with Gasteiger partial charge >= 0.3 is 0 Å². The van der Waals surface area contributed by atoms with Gasteiger partial charge in [-0.05, 0) is 58.7 Å². The lowest BCUT2D eigenvalue weighted by molar-refractivity contribution is 0.162. The van der Waals surface area contributed by atoms with Gasteiger partial charge in [0, 0.05) is 19.1 Å². The molecule has 1 saturated heterocycles. The largest absolute Gasteiger partial charge is 0.328 e. The minimum Gasteiger partial charge on any atom is -0.328 e. The van der Waals surface area contributed by atoms with Gasteiger partial charge in [0.2, 0.25) is 0 Å². The first-order valence-electron chi connectivity index (χ1n) is 7.11. The van der Waals surface area contributed by atoms with Crippen molar-refractivity contribution in [2.75, 3.05) is 13.1 Å². The molecular formula is C14H26N4. The Morgan fingerprint density at radius 1 is 1.44 bits per heavy atom. The van der Waals surface area contributed by atoms with Crippen LogP contribution in [0.5, 0.6) is 0 Å². The molecule has 2 rings (SSSR count). The van der Waals surface area contributed by atoms with Gasteiger partial charge in [-0.2, -0.15) is 5.10 Å². The fourth-order valence-electron chi connectivity index (χ4n) is 2.87. The molecule has 2 heterocycles. The highest BCUT2D eigenvalue weighted by molar-refractivity contribution is 5.09. The molecule has 1 unspecified atom stereocenters. The Morgan fingerprint density at radius 3 is 2.67 bits per heavy atom. The molecule has 0 aliphatic carbocycles. The summed E-state index contributed by atoms with van der Waals surface area (Å²) in [5, 5.41) is 4.51. The molecule has 4 nitrogen and oxygen atoms in total. The number of aromatic nitrogens is 2. The van der Waals surface area contributed by atoms with E-state index in [4.69, 9.17) is 5.73 Å². The first-order chi connectivity index (χ1) is 8.60. The van der Waals surface area contributed by atoms with Crippen LogP contribution in [0.3, 0.4) is 0 Å². The van der Waals surface area contributed by atoms with Crippen LogP contribution < -0.4 is 5.73 Å². The molecule has 1 aliphatic rings. The number of rotatable bonds is 4. The highest BCUT2D eigenvalue weighted by Gasteiger charge is 2.22. The number of piperidine rings is 1. The molecule has 0 amide bonds. The molecule has 1 aromatic heterocycles. The molecule has 2 N–H and O–H groups in total. The number of likely N-dealkylation sites (tertiary alicyclic amines) is 1. The normalized spacial score (nSPS) is 20.2. The second kappa shape index (κ2) is 5.85. The van der Waals surface area contributed by atoms with E-state index in [1.807, 2.05) is 0 Å².